The number of carbonyl (C=O) groups is 1. The molecule has 0 aliphatic carbocycles. The van der Waals surface area contributed by atoms with Crippen molar-refractivity contribution in [3.8, 4) is 0 Å². The van der Waals surface area contributed by atoms with Crippen molar-refractivity contribution in [1.29, 1.82) is 0 Å². The molecule has 1 aromatic rings. The van der Waals surface area contributed by atoms with Crippen molar-refractivity contribution >= 4 is 5.91 Å². The van der Waals surface area contributed by atoms with E-state index in [2.05, 4.69) is 10.4 Å². The molecule has 1 rings (SSSR count). The number of halogens is 3. The van der Waals surface area contributed by atoms with Gasteiger partial charge >= 0.3 is 6.18 Å². The van der Waals surface area contributed by atoms with Crippen molar-refractivity contribution < 1.29 is 18.0 Å². The molecule has 1 amide bonds. The summed E-state index contributed by atoms with van der Waals surface area (Å²) >= 11 is 0. The van der Waals surface area contributed by atoms with Crippen LogP contribution in [0.2, 0.25) is 0 Å². The van der Waals surface area contributed by atoms with Crippen LogP contribution in [0.4, 0.5) is 13.2 Å². The first-order valence-corrected chi connectivity index (χ1v) is 4.70. The predicted octanol–water partition coefficient (Wildman–Crippen LogP) is 1.34. The lowest BCUT2D eigenvalue weighted by Crippen LogP contribution is -2.37. The van der Waals surface area contributed by atoms with Crippen molar-refractivity contribution in [3.63, 3.8) is 0 Å². The Hall–Kier alpha value is -1.53. The molecule has 1 aromatic heterocycles. The van der Waals surface area contributed by atoms with Crippen LogP contribution in [-0.4, -0.2) is 27.9 Å². The summed E-state index contributed by atoms with van der Waals surface area (Å²) in [6.45, 7) is 1.96. The van der Waals surface area contributed by atoms with Gasteiger partial charge in [0.15, 0.2) is 0 Å². The van der Waals surface area contributed by atoms with E-state index in [1.54, 1.807) is 30.1 Å². The summed E-state index contributed by atoms with van der Waals surface area (Å²) in [5.74, 6) is -1.02. The lowest BCUT2D eigenvalue weighted by atomic mass is 10.3. The molecule has 7 heteroatoms. The van der Waals surface area contributed by atoms with Crippen molar-refractivity contribution in [2.75, 3.05) is 0 Å². The molecule has 1 heterocycles. The number of alkyl halides is 3. The Kier molecular flexibility index (Phi) is 3.92. The summed E-state index contributed by atoms with van der Waals surface area (Å²) in [7, 11) is 0. The maximum absolute atomic E-state index is 11.9. The Balaban J connectivity index is 2.34. The van der Waals surface area contributed by atoms with Crippen LogP contribution in [0, 0.1) is 0 Å². The first-order chi connectivity index (χ1) is 7.37. The number of hydrogen-bond acceptors (Lipinski definition) is 2. The third-order valence-electron chi connectivity index (χ3n) is 1.79. The molecule has 1 unspecified atom stereocenters. The standard InChI is InChI=1S/C9H12F3N3O/c1-7(6-15-4-2-3-13-15)14-8(16)5-9(10,11)12/h2-4,7H,5-6H2,1H3,(H,14,16). The fourth-order valence-electron chi connectivity index (χ4n) is 1.24. The summed E-state index contributed by atoms with van der Waals surface area (Å²) in [5.41, 5.74) is 0. The third-order valence-corrected chi connectivity index (χ3v) is 1.79. The average molecular weight is 235 g/mol. The smallest absolute Gasteiger partial charge is 0.351 e. The highest BCUT2D eigenvalue weighted by molar-refractivity contribution is 5.76. The second-order valence-corrected chi connectivity index (χ2v) is 3.49. The number of nitrogens with zero attached hydrogens (tertiary/aromatic N) is 2. The minimum atomic E-state index is -4.46. The highest BCUT2D eigenvalue weighted by atomic mass is 19.4. The van der Waals surface area contributed by atoms with Crippen LogP contribution in [0.5, 0.6) is 0 Å². The van der Waals surface area contributed by atoms with Crippen molar-refractivity contribution in [1.82, 2.24) is 15.1 Å². The van der Waals surface area contributed by atoms with E-state index < -0.39 is 24.5 Å². The maximum atomic E-state index is 11.9. The van der Waals surface area contributed by atoms with Crippen molar-refractivity contribution in [2.24, 2.45) is 0 Å². The zero-order chi connectivity index (χ0) is 12.2. The Morgan fingerprint density at radius 3 is 2.75 bits per heavy atom. The largest absolute Gasteiger partial charge is 0.397 e. The molecule has 1 atom stereocenters. The molecular formula is C9H12F3N3O. The van der Waals surface area contributed by atoms with Crippen LogP contribution in [-0.2, 0) is 11.3 Å². The Bertz CT molecular complexity index is 334. The third kappa shape index (κ3) is 4.81. The highest BCUT2D eigenvalue weighted by Gasteiger charge is 2.31. The normalized spacial score (nSPS) is 13.5. The zero-order valence-electron chi connectivity index (χ0n) is 8.66. The van der Waals surface area contributed by atoms with Gasteiger partial charge in [0.25, 0.3) is 0 Å². The van der Waals surface area contributed by atoms with Gasteiger partial charge in [0.1, 0.15) is 6.42 Å². The maximum Gasteiger partial charge on any atom is 0.397 e. The van der Waals surface area contributed by atoms with Gasteiger partial charge in [-0.25, -0.2) is 0 Å². The Morgan fingerprint density at radius 2 is 2.25 bits per heavy atom. The van der Waals surface area contributed by atoms with Crippen LogP contribution in [0.3, 0.4) is 0 Å². The van der Waals surface area contributed by atoms with E-state index in [1.807, 2.05) is 0 Å². The second-order valence-electron chi connectivity index (χ2n) is 3.49. The first kappa shape index (κ1) is 12.5. The molecule has 0 aliphatic rings. The summed E-state index contributed by atoms with van der Waals surface area (Å²) in [6.07, 6.45) is -2.68. The van der Waals surface area contributed by atoms with Crippen LogP contribution >= 0.6 is 0 Å². The summed E-state index contributed by atoms with van der Waals surface area (Å²) in [6, 6.07) is 1.30. The van der Waals surface area contributed by atoms with E-state index in [-0.39, 0.29) is 0 Å². The number of rotatable bonds is 4. The quantitative estimate of drug-likeness (QED) is 0.856. The lowest BCUT2D eigenvalue weighted by molar-refractivity contribution is -0.154. The molecule has 4 nitrogen and oxygen atoms in total. The first-order valence-electron chi connectivity index (χ1n) is 4.70. The minimum Gasteiger partial charge on any atom is -0.351 e. The van der Waals surface area contributed by atoms with Gasteiger partial charge in [-0.05, 0) is 13.0 Å². The SMILES string of the molecule is CC(Cn1cccn1)NC(=O)CC(F)(F)F. The number of carbonyl (C=O) groups excluding carboxylic acids is 1. The predicted molar refractivity (Wildman–Crippen MR) is 50.5 cm³/mol. The molecule has 0 saturated heterocycles. The molecule has 90 valence electrons. The average Bonchev–Trinajstić information content (AvgIpc) is 2.51. The number of nitrogens with one attached hydrogen (secondary N) is 1. The number of hydrogen-bond donors (Lipinski definition) is 1. The van der Waals surface area contributed by atoms with Gasteiger partial charge in [-0.3, -0.25) is 9.48 Å². The Labute approximate surface area is 90.4 Å². The molecule has 0 aliphatic heterocycles. The number of amides is 1. The van der Waals surface area contributed by atoms with Crippen LogP contribution in [0.25, 0.3) is 0 Å². The van der Waals surface area contributed by atoms with Crippen LogP contribution in [0.1, 0.15) is 13.3 Å². The highest BCUT2D eigenvalue weighted by Crippen LogP contribution is 2.18. The molecule has 1 N–H and O–H groups in total. The zero-order valence-corrected chi connectivity index (χ0v) is 8.66. The van der Waals surface area contributed by atoms with E-state index in [0.717, 1.165) is 0 Å². The minimum absolute atomic E-state index is 0.344. The Morgan fingerprint density at radius 1 is 1.56 bits per heavy atom. The molecule has 0 spiro atoms. The molecule has 0 radical (unpaired) electrons. The van der Waals surface area contributed by atoms with Crippen LogP contribution in [0.15, 0.2) is 18.5 Å². The molecule has 0 fully saturated rings. The van der Waals surface area contributed by atoms with E-state index in [9.17, 15) is 18.0 Å². The second kappa shape index (κ2) is 5.00. The topological polar surface area (TPSA) is 46.9 Å². The fourth-order valence-corrected chi connectivity index (χ4v) is 1.24. The van der Waals surface area contributed by atoms with Gasteiger partial charge in [-0.2, -0.15) is 18.3 Å². The molecule has 0 saturated carbocycles. The van der Waals surface area contributed by atoms with Gasteiger partial charge in [0.05, 0.1) is 6.54 Å². The molecule has 0 aromatic carbocycles. The van der Waals surface area contributed by atoms with Crippen LogP contribution < -0.4 is 5.32 Å². The fraction of sp³-hybridized carbons (Fsp3) is 0.556. The van der Waals surface area contributed by atoms with Gasteiger partial charge in [0.2, 0.25) is 5.91 Å². The molecule has 0 bridgehead atoms. The van der Waals surface area contributed by atoms with Gasteiger partial charge in [-0.1, -0.05) is 0 Å². The van der Waals surface area contributed by atoms with Gasteiger partial charge in [-0.15, -0.1) is 0 Å². The van der Waals surface area contributed by atoms with E-state index in [0.29, 0.717) is 6.54 Å². The monoisotopic (exact) mass is 235 g/mol. The van der Waals surface area contributed by atoms with E-state index in [4.69, 9.17) is 0 Å². The van der Waals surface area contributed by atoms with Crippen molar-refractivity contribution in [3.05, 3.63) is 18.5 Å². The number of aromatic nitrogens is 2. The van der Waals surface area contributed by atoms with Gasteiger partial charge in [0, 0.05) is 18.4 Å². The van der Waals surface area contributed by atoms with Crippen molar-refractivity contribution in [2.45, 2.75) is 32.1 Å². The molecular weight excluding hydrogens is 223 g/mol. The summed E-state index contributed by atoms with van der Waals surface area (Å²) < 4.78 is 37.1. The molecule has 16 heavy (non-hydrogen) atoms. The van der Waals surface area contributed by atoms with E-state index >= 15 is 0 Å². The van der Waals surface area contributed by atoms with Gasteiger partial charge < -0.3 is 5.32 Å². The lowest BCUT2D eigenvalue weighted by Gasteiger charge is -2.14. The summed E-state index contributed by atoms with van der Waals surface area (Å²) in [5, 5.41) is 6.14. The summed E-state index contributed by atoms with van der Waals surface area (Å²) in [4.78, 5) is 10.9. The van der Waals surface area contributed by atoms with E-state index in [1.165, 1.54) is 0 Å².